The Hall–Kier alpha value is -3.22. The lowest BCUT2D eigenvalue weighted by Gasteiger charge is -2.17. The second kappa shape index (κ2) is 7.07. The highest BCUT2D eigenvalue weighted by molar-refractivity contribution is 5.92. The molecule has 0 saturated heterocycles. The summed E-state index contributed by atoms with van der Waals surface area (Å²) in [5.41, 5.74) is 2.81. The Bertz CT molecular complexity index is 1010. The van der Waals surface area contributed by atoms with Crippen molar-refractivity contribution in [1.29, 1.82) is 0 Å². The zero-order chi connectivity index (χ0) is 19.7. The second-order valence-electron chi connectivity index (χ2n) is 7.12. The first kappa shape index (κ1) is 18.2. The molecule has 7 heteroatoms. The van der Waals surface area contributed by atoms with Crippen molar-refractivity contribution in [3.05, 3.63) is 71.7 Å². The number of rotatable bonds is 6. The Morgan fingerprint density at radius 2 is 2.00 bits per heavy atom. The van der Waals surface area contributed by atoms with Crippen molar-refractivity contribution in [1.82, 2.24) is 19.9 Å². The molecular weight excluding hydrogens is 359 g/mol. The topological polar surface area (TPSA) is 69.0 Å². The molecule has 2 aromatic heterocycles. The van der Waals surface area contributed by atoms with E-state index in [1.54, 1.807) is 35.2 Å². The smallest absolute Gasteiger partial charge is 0.270 e. The summed E-state index contributed by atoms with van der Waals surface area (Å²) in [4.78, 5) is 21.2. The number of aromatic nitrogens is 3. The number of nitrogens with one attached hydrogen (secondary N) is 1. The van der Waals surface area contributed by atoms with Crippen LogP contribution in [0.4, 0.5) is 4.39 Å². The van der Waals surface area contributed by atoms with E-state index in [2.05, 4.69) is 15.3 Å². The molecule has 1 fully saturated rings. The molecule has 28 heavy (non-hydrogen) atoms. The molecule has 2 heterocycles. The highest BCUT2D eigenvalue weighted by Crippen LogP contribution is 2.47. The van der Waals surface area contributed by atoms with Crippen molar-refractivity contribution in [3.8, 4) is 11.6 Å². The summed E-state index contributed by atoms with van der Waals surface area (Å²) in [7, 11) is 1.52. The molecule has 0 radical (unpaired) electrons. The highest BCUT2D eigenvalue weighted by Gasteiger charge is 2.44. The van der Waals surface area contributed by atoms with E-state index in [4.69, 9.17) is 4.74 Å². The molecule has 1 saturated carbocycles. The van der Waals surface area contributed by atoms with E-state index in [-0.39, 0.29) is 22.8 Å². The van der Waals surface area contributed by atoms with Gasteiger partial charge in [0.2, 0.25) is 5.88 Å². The molecule has 1 amide bonds. The van der Waals surface area contributed by atoms with Crippen LogP contribution in [0.3, 0.4) is 0 Å². The first-order valence-corrected chi connectivity index (χ1v) is 9.11. The van der Waals surface area contributed by atoms with Gasteiger partial charge in [-0.1, -0.05) is 12.1 Å². The maximum absolute atomic E-state index is 13.2. The number of hydrogen-bond donors (Lipinski definition) is 1. The summed E-state index contributed by atoms with van der Waals surface area (Å²) in [6, 6.07) is 9.95. The average Bonchev–Trinajstić information content (AvgIpc) is 3.39. The summed E-state index contributed by atoms with van der Waals surface area (Å²) < 4.78 is 20.3. The molecular formula is C21H21FN4O2. The maximum Gasteiger partial charge on any atom is 0.270 e. The van der Waals surface area contributed by atoms with Crippen molar-refractivity contribution >= 4 is 5.91 Å². The molecule has 0 spiro atoms. The Balaban J connectivity index is 1.48. The molecule has 1 aliphatic carbocycles. The zero-order valence-corrected chi connectivity index (χ0v) is 15.8. The number of hydrogen-bond acceptors (Lipinski definition) is 4. The minimum absolute atomic E-state index is 0.109. The third-order valence-corrected chi connectivity index (χ3v) is 5.15. The Morgan fingerprint density at radius 1 is 1.25 bits per heavy atom. The van der Waals surface area contributed by atoms with Crippen molar-refractivity contribution in [2.24, 2.45) is 0 Å². The molecule has 1 aromatic carbocycles. The number of carbonyl (C=O) groups is 1. The van der Waals surface area contributed by atoms with E-state index in [1.807, 2.05) is 13.1 Å². The van der Waals surface area contributed by atoms with Crippen molar-refractivity contribution < 1.29 is 13.9 Å². The van der Waals surface area contributed by atoms with E-state index in [0.29, 0.717) is 18.1 Å². The van der Waals surface area contributed by atoms with Gasteiger partial charge in [0.15, 0.2) is 0 Å². The maximum atomic E-state index is 13.2. The molecule has 0 atom stereocenters. The van der Waals surface area contributed by atoms with Crippen molar-refractivity contribution in [2.75, 3.05) is 13.7 Å². The first-order chi connectivity index (χ1) is 13.5. The Kier molecular flexibility index (Phi) is 4.58. The van der Waals surface area contributed by atoms with Crippen LogP contribution in [0.1, 0.15) is 34.6 Å². The van der Waals surface area contributed by atoms with Crippen molar-refractivity contribution in [3.63, 3.8) is 0 Å². The van der Waals surface area contributed by atoms with Gasteiger partial charge in [-0.3, -0.25) is 4.79 Å². The zero-order valence-electron chi connectivity index (χ0n) is 15.8. The molecule has 3 aromatic rings. The normalized spacial score (nSPS) is 14.5. The Morgan fingerprint density at radius 3 is 2.61 bits per heavy atom. The molecule has 1 aliphatic rings. The summed E-state index contributed by atoms with van der Waals surface area (Å²) in [6.45, 7) is 2.39. The third-order valence-electron chi connectivity index (χ3n) is 5.15. The fourth-order valence-corrected chi connectivity index (χ4v) is 3.32. The second-order valence-corrected chi connectivity index (χ2v) is 7.12. The molecule has 6 nitrogen and oxygen atoms in total. The number of ether oxygens (including phenoxy) is 1. The highest BCUT2D eigenvalue weighted by atomic mass is 19.1. The lowest BCUT2D eigenvalue weighted by Crippen LogP contribution is -2.32. The summed E-state index contributed by atoms with van der Waals surface area (Å²) in [6.07, 6.45) is 5.47. The predicted molar refractivity (Wildman–Crippen MR) is 102 cm³/mol. The van der Waals surface area contributed by atoms with Gasteiger partial charge in [-0.2, -0.15) is 0 Å². The van der Waals surface area contributed by atoms with E-state index in [1.165, 1.54) is 19.2 Å². The van der Waals surface area contributed by atoms with Crippen LogP contribution >= 0.6 is 0 Å². The van der Waals surface area contributed by atoms with Crippen LogP contribution in [-0.4, -0.2) is 34.1 Å². The number of aryl methyl sites for hydroxylation is 1. The van der Waals surface area contributed by atoms with Crippen LogP contribution in [0, 0.1) is 12.7 Å². The quantitative estimate of drug-likeness (QED) is 0.713. The summed E-state index contributed by atoms with van der Waals surface area (Å²) >= 11 is 0. The van der Waals surface area contributed by atoms with E-state index in [0.717, 1.165) is 24.1 Å². The standard InChI is InChI=1S/C21H21FN4O2/c1-14-11-26(13-24-14)18-8-7-17(25-20(18)28-2)19(27)23-12-21(9-10-21)15-3-5-16(22)6-4-15/h3-8,11,13H,9-10,12H2,1-2H3,(H,23,27). The van der Waals surface area contributed by atoms with Crippen LogP contribution in [0.15, 0.2) is 48.9 Å². The number of amides is 1. The number of halogens is 1. The lowest BCUT2D eigenvalue weighted by atomic mass is 9.96. The van der Waals surface area contributed by atoms with E-state index in [9.17, 15) is 9.18 Å². The van der Waals surface area contributed by atoms with Crippen LogP contribution in [0.5, 0.6) is 5.88 Å². The van der Waals surface area contributed by atoms with Gasteiger partial charge in [-0.25, -0.2) is 14.4 Å². The number of benzene rings is 1. The lowest BCUT2D eigenvalue weighted by molar-refractivity contribution is 0.0944. The number of carbonyl (C=O) groups excluding carboxylic acids is 1. The molecule has 1 N–H and O–H groups in total. The summed E-state index contributed by atoms with van der Waals surface area (Å²) in [5.74, 6) is -0.169. The first-order valence-electron chi connectivity index (χ1n) is 9.11. The summed E-state index contributed by atoms with van der Waals surface area (Å²) in [5, 5.41) is 2.96. The molecule has 0 aliphatic heterocycles. The van der Waals surface area contributed by atoms with Gasteiger partial charge < -0.3 is 14.6 Å². The number of nitrogens with zero attached hydrogens (tertiary/aromatic N) is 3. The number of imidazole rings is 1. The van der Waals surface area contributed by atoms with Crippen LogP contribution in [0.25, 0.3) is 5.69 Å². The van der Waals surface area contributed by atoms with Crippen molar-refractivity contribution in [2.45, 2.75) is 25.2 Å². The van der Waals surface area contributed by atoms with Gasteiger partial charge in [-0.15, -0.1) is 0 Å². The Labute approximate surface area is 162 Å². The fraction of sp³-hybridized carbons (Fsp3) is 0.286. The minimum Gasteiger partial charge on any atom is -0.479 e. The van der Waals surface area contributed by atoms with Gasteiger partial charge >= 0.3 is 0 Å². The average molecular weight is 380 g/mol. The van der Waals surface area contributed by atoms with Gasteiger partial charge in [0, 0.05) is 18.2 Å². The monoisotopic (exact) mass is 380 g/mol. The minimum atomic E-state index is -0.264. The SMILES string of the molecule is COc1nc(C(=O)NCC2(c3ccc(F)cc3)CC2)ccc1-n1cnc(C)c1. The van der Waals surface area contributed by atoms with E-state index < -0.39 is 0 Å². The number of methoxy groups -OCH3 is 1. The van der Waals surface area contributed by atoms with Gasteiger partial charge in [0.05, 0.1) is 19.1 Å². The van der Waals surface area contributed by atoms with Crippen LogP contribution in [-0.2, 0) is 5.41 Å². The van der Waals surface area contributed by atoms with Gasteiger partial charge in [-0.05, 0) is 49.6 Å². The number of pyridine rings is 1. The fourth-order valence-electron chi connectivity index (χ4n) is 3.32. The molecule has 4 rings (SSSR count). The van der Waals surface area contributed by atoms with E-state index >= 15 is 0 Å². The largest absolute Gasteiger partial charge is 0.479 e. The van der Waals surface area contributed by atoms with Gasteiger partial charge in [0.1, 0.15) is 17.2 Å². The third kappa shape index (κ3) is 3.47. The predicted octanol–water partition coefficient (Wildman–Crippen LogP) is 3.19. The van der Waals surface area contributed by atoms with Crippen LogP contribution < -0.4 is 10.1 Å². The molecule has 0 bridgehead atoms. The molecule has 144 valence electrons. The van der Waals surface area contributed by atoms with Gasteiger partial charge in [0.25, 0.3) is 5.91 Å². The molecule has 0 unspecified atom stereocenters. The van der Waals surface area contributed by atoms with Crippen LogP contribution in [0.2, 0.25) is 0 Å².